The molecule has 0 amide bonds. The summed E-state index contributed by atoms with van der Waals surface area (Å²) in [5.74, 6) is -0.691. The average Bonchev–Trinajstić information content (AvgIpc) is 2.54. The number of alkyl halides is 3. The number of ether oxygens (including phenoxy) is 1. The molecular formula is C16H11ClF3N3O. The van der Waals surface area contributed by atoms with E-state index in [0.717, 1.165) is 0 Å². The monoisotopic (exact) mass is 353 g/mol. The van der Waals surface area contributed by atoms with Crippen molar-refractivity contribution in [3.05, 3.63) is 53.3 Å². The van der Waals surface area contributed by atoms with Crippen LogP contribution in [0.1, 0.15) is 5.82 Å². The van der Waals surface area contributed by atoms with Gasteiger partial charge in [-0.3, -0.25) is 0 Å². The summed E-state index contributed by atoms with van der Waals surface area (Å²) in [5, 5.41) is 3.66. The molecule has 0 unspecified atom stereocenters. The second-order valence-corrected chi connectivity index (χ2v) is 5.29. The average molecular weight is 354 g/mol. The summed E-state index contributed by atoms with van der Waals surface area (Å²) in [5.41, 5.74) is 0.680. The smallest absolute Gasteiger partial charge is 0.451 e. The Balaban J connectivity index is 2.09. The second-order valence-electron chi connectivity index (χ2n) is 4.89. The number of nitrogens with zero attached hydrogens (tertiary/aromatic N) is 2. The maximum atomic E-state index is 13.0. The molecule has 0 saturated carbocycles. The fourth-order valence-corrected chi connectivity index (χ4v) is 2.44. The normalized spacial score (nSPS) is 11.5. The van der Waals surface area contributed by atoms with Crippen LogP contribution >= 0.6 is 11.6 Å². The van der Waals surface area contributed by atoms with E-state index in [0.29, 0.717) is 21.8 Å². The molecule has 1 aromatic heterocycles. The molecule has 0 saturated heterocycles. The predicted molar refractivity (Wildman–Crippen MR) is 85.8 cm³/mol. The quantitative estimate of drug-likeness (QED) is 0.715. The van der Waals surface area contributed by atoms with E-state index in [-0.39, 0.29) is 11.3 Å². The number of nitrogens with one attached hydrogen (secondary N) is 1. The van der Waals surface area contributed by atoms with Crippen LogP contribution in [-0.2, 0) is 6.18 Å². The molecule has 3 rings (SSSR count). The van der Waals surface area contributed by atoms with Gasteiger partial charge in [0, 0.05) is 11.1 Å². The molecule has 124 valence electrons. The van der Waals surface area contributed by atoms with Gasteiger partial charge in [-0.2, -0.15) is 13.2 Å². The van der Waals surface area contributed by atoms with Gasteiger partial charge in [0.15, 0.2) is 0 Å². The lowest BCUT2D eigenvalue weighted by atomic mass is 10.2. The van der Waals surface area contributed by atoms with Crippen molar-refractivity contribution in [1.82, 2.24) is 9.97 Å². The Hall–Kier alpha value is -2.54. The molecule has 0 atom stereocenters. The molecule has 0 fully saturated rings. The second kappa shape index (κ2) is 6.16. The standard InChI is InChI=1S/C16H11ClF3N3O/c1-24-13-7-6-9(8-11(13)17)21-14-10-4-2-3-5-12(10)22-15(23-14)16(18,19)20/h2-8H,1H3,(H,21,22,23). The number of fused-ring (bicyclic) bond motifs is 1. The number of halogens is 4. The highest BCUT2D eigenvalue weighted by molar-refractivity contribution is 6.32. The SMILES string of the molecule is COc1ccc(Nc2nc(C(F)(F)F)nc3ccccc23)cc1Cl. The van der Waals surface area contributed by atoms with Crippen LogP contribution in [0.15, 0.2) is 42.5 Å². The van der Waals surface area contributed by atoms with Crippen molar-refractivity contribution in [2.24, 2.45) is 0 Å². The van der Waals surface area contributed by atoms with Crippen molar-refractivity contribution in [1.29, 1.82) is 0 Å². The summed E-state index contributed by atoms with van der Waals surface area (Å²) in [7, 11) is 1.47. The van der Waals surface area contributed by atoms with E-state index in [1.165, 1.54) is 13.2 Å². The number of para-hydroxylation sites is 1. The van der Waals surface area contributed by atoms with Gasteiger partial charge in [0.1, 0.15) is 11.6 Å². The zero-order chi connectivity index (χ0) is 17.3. The third-order valence-electron chi connectivity index (χ3n) is 3.27. The van der Waals surface area contributed by atoms with E-state index in [1.54, 1.807) is 36.4 Å². The van der Waals surface area contributed by atoms with Crippen LogP contribution in [0, 0.1) is 0 Å². The van der Waals surface area contributed by atoms with E-state index in [4.69, 9.17) is 16.3 Å². The van der Waals surface area contributed by atoms with Gasteiger partial charge in [0.2, 0.25) is 5.82 Å². The summed E-state index contributed by atoms with van der Waals surface area (Å²) < 4.78 is 44.1. The first-order valence-electron chi connectivity index (χ1n) is 6.83. The van der Waals surface area contributed by atoms with Gasteiger partial charge in [-0.05, 0) is 30.3 Å². The van der Waals surface area contributed by atoms with Crippen molar-refractivity contribution in [3.8, 4) is 5.75 Å². The highest BCUT2D eigenvalue weighted by Gasteiger charge is 2.35. The Morgan fingerprint density at radius 2 is 1.83 bits per heavy atom. The van der Waals surface area contributed by atoms with Crippen LogP contribution in [0.5, 0.6) is 5.75 Å². The maximum absolute atomic E-state index is 13.0. The first-order chi connectivity index (χ1) is 11.4. The van der Waals surface area contributed by atoms with Crippen molar-refractivity contribution in [2.45, 2.75) is 6.18 Å². The fourth-order valence-electron chi connectivity index (χ4n) is 2.18. The minimum atomic E-state index is -4.64. The van der Waals surface area contributed by atoms with Crippen LogP contribution < -0.4 is 10.1 Å². The van der Waals surface area contributed by atoms with Crippen LogP contribution in [0.3, 0.4) is 0 Å². The molecule has 0 aliphatic carbocycles. The molecule has 0 aliphatic heterocycles. The Bertz CT molecular complexity index is 899. The number of anilines is 2. The number of hydrogen-bond donors (Lipinski definition) is 1. The van der Waals surface area contributed by atoms with Crippen molar-refractivity contribution in [2.75, 3.05) is 12.4 Å². The van der Waals surface area contributed by atoms with Gasteiger partial charge in [-0.1, -0.05) is 23.7 Å². The molecule has 8 heteroatoms. The molecule has 0 aliphatic rings. The molecule has 24 heavy (non-hydrogen) atoms. The number of benzene rings is 2. The summed E-state index contributed by atoms with van der Waals surface area (Å²) in [6.45, 7) is 0. The van der Waals surface area contributed by atoms with Crippen molar-refractivity contribution >= 4 is 34.0 Å². The lowest BCUT2D eigenvalue weighted by Gasteiger charge is -2.13. The summed E-state index contributed by atoms with van der Waals surface area (Å²) in [6, 6.07) is 11.2. The third-order valence-corrected chi connectivity index (χ3v) is 3.57. The molecule has 2 aromatic carbocycles. The van der Waals surface area contributed by atoms with Crippen LogP contribution in [-0.4, -0.2) is 17.1 Å². The van der Waals surface area contributed by atoms with Gasteiger partial charge in [-0.15, -0.1) is 0 Å². The van der Waals surface area contributed by atoms with Crippen LogP contribution in [0.25, 0.3) is 10.9 Å². The zero-order valence-electron chi connectivity index (χ0n) is 12.4. The highest BCUT2D eigenvalue weighted by Crippen LogP contribution is 2.33. The third kappa shape index (κ3) is 3.21. The summed E-state index contributed by atoms with van der Waals surface area (Å²) >= 11 is 6.04. The number of hydrogen-bond acceptors (Lipinski definition) is 4. The van der Waals surface area contributed by atoms with E-state index >= 15 is 0 Å². The Kier molecular flexibility index (Phi) is 4.19. The van der Waals surface area contributed by atoms with Gasteiger partial charge in [-0.25, -0.2) is 9.97 Å². The molecule has 0 spiro atoms. The lowest BCUT2D eigenvalue weighted by Crippen LogP contribution is -2.12. The van der Waals surface area contributed by atoms with E-state index in [9.17, 15) is 13.2 Å². The number of rotatable bonds is 3. The van der Waals surface area contributed by atoms with Gasteiger partial charge >= 0.3 is 6.18 Å². The Labute approximate surface area is 140 Å². The molecular weight excluding hydrogens is 343 g/mol. The highest BCUT2D eigenvalue weighted by atomic mass is 35.5. The van der Waals surface area contributed by atoms with E-state index in [1.807, 2.05) is 0 Å². The van der Waals surface area contributed by atoms with Gasteiger partial charge in [0.25, 0.3) is 0 Å². The maximum Gasteiger partial charge on any atom is 0.451 e. The largest absolute Gasteiger partial charge is 0.495 e. The van der Waals surface area contributed by atoms with Gasteiger partial charge < -0.3 is 10.1 Å². The van der Waals surface area contributed by atoms with E-state index < -0.39 is 12.0 Å². The first kappa shape index (κ1) is 16.3. The number of methoxy groups -OCH3 is 1. The molecule has 3 aromatic rings. The fraction of sp³-hybridized carbons (Fsp3) is 0.125. The minimum absolute atomic E-state index is 0.0501. The van der Waals surface area contributed by atoms with E-state index in [2.05, 4.69) is 15.3 Å². The Morgan fingerprint density at radius 3 is 2.50 bits per heavy atom. The molecule has 0 bridgehead atoms. The molecule has 0 radical (unpaired) electrons. The van der Waals surface area contributed by atoms with Crippen LogP contribution in [0.4, 0.5) is 24.7 Å². The van der Waals surface area contributed by atoms with Crippen LogP contribution in [0.2, 0.25) is 5.02 Å². The molecule has 4 nitrogen and oxygen atoms in total. The Morgan fingerprint density at radius 1 is 1.08 bits per heavy atom. The van der Waals surface area contributed by atoms with Gasteiger partial charge in [0.05, 0.1) is 17.6 Å². The minimum Gasteiger partial charge on any atom is -0.495 e. The molecule has 1 heterocycles. The molecule has 1 N–H and O–H groups in total. The summed E-state index contributed by atoms with van der Waals surface area (Å²) in [4.78, 5) is 7.19. The number of aromatic nitrogens is 2. The van der Waals surface area contributed by atoms with Crippen molar-refractivity contribution in [3.63, 3.8) is 0 Å². The predicted octanol–water partition coefficient (Wildman–Crippen LogP) is 5.05. The summed E-state index contributed by atoms with van der Waals surface area (Å²) in [6.07, 6.45) is -4.64. The van der Waals surface area contributed by atoms with Crippen molar-refractivity contribution < 1.29 is 17.9 Å². The lowest BCUT2D eigenvalue weighted by molar-refractivity contribution is -0.144. The zero-order valence-corrected chi connectivity index (χ0v) is 13.1. The topological polar surface area (TPSA) is 47.0 Å². The first-order valence-corrected chi connectivity index (χ1v) is 7.21.